The number of aliphatic carboxylic acids is 2. The van der Waals surface area contributed by atoms with Crippen molar-refractivity contribution >= 4 is 77.9 Å². The molecule has 4 aromatic carbocycles. The van der Waals surface area contributed by atoms with Crippen LogP contribution in [0.1, 0.15) is 107 Å². The highest BCUT2D eigenvalue weighted by atomic mass is 32.2. The summed E-state index contributed by atoms with van der Waals surface area (Å²) in [6.07, 6.45) is 10.3. The third kappa shape index (κ3) is 13.6. The molecule has 396 valence electrons. The first-order chi connectivity index (χ1) is 33.8. The molecule has 2 atom stereocenters. The number of unbranched alkanes of at least 4 members (excludes halogenated alkanes) is 2. The Hall–Kier alpha value is -4.52. The average molecular weight is 1080 g/mol. The molecule has 2 heterocycles. The lowest BCUT2D eigenvalue weighted by Gasteiger charge is -2.36. The molecule has 2 N–H and O–H groups in total. The second-order valence-electron chi connectivity index (χ2n) is 20.5. The molecule has 0 amide bonds. The Labute approximate surface area is 434 Å². The van der Waals surface area contributed by atoms with Crippen molar-refractivity contribution in [2.75, 3.05) is 60.1 Å². The van der Waals surface area contributed by atoms with Crippen LogP contribution in [0.5, 0.6) is 11.5 Å². The molecule has 0 aromatic heterocycles. The number of ether oxygens (including phenoxy) is 2. The number of carboxylic acids is 2. The van der Waals surface area contributed by atoms with Gasteiger partial charge in [0.15, 0.2) is 19.7 Å². The van der Waals surface area contributed by atoms with E-state index >= 15 is 0 Å². The largest absolute Gasteiger partial charge is 0.491 e. The maximum absolute atomic E-state index is 13.9. The Kier molecular flexibility index (Phi) is 19.3. The molecule has 0 unspecified atom stereocenters. The fourth-order valence-corrected chi connectivity index (χ4v) is 14.4. The SMILES string of the molecule is CCCC[C@@]1(CC)CN(c2ccc(F)cc2)c2cc(SC)c(OCC(C)(C)C(=O)O)cc2S(=O)(=O)C1.CCCC[C@]1(CC)CN(c2ccc(F)cc2)c2cc(SC)c(OCC(C)(C)C(=O)O)cc2S(=O)(=O)C1. The smallest absolute Gasteiger partial charge is 0.312 e. The Bertz CT molecular complexity index is 2580. The van der Waals surface area contributed by atoms with Gasteiger partial charge in [-0.05, 0) is 127 Å². The summed E-state index contributed by atoms with van der Waals surface area (Å²) in [5, 5.41) is 19.0. The van der Waals surface area contributed by atoms with E-state index in [4.69, 9.17) is 9.47 Å². The van der Waals surface area contributed by atoms with Gasteiger partial charge in [0.1, 0.15) is 36.3 Å². The topological polar surface area (TPSA) is 168 Å². The van der Waals surface area contributed by atoms with Gasteiger partial charge in [0.2, 0.25) is 0 Å². The van der Waals surface area contributed by atoms with E-state index in [0.717, 1.165) is 49.9 Å². The van der Waals surface area contributed by atoms with Crippen LogP contribution in [0.3, 0.4) is 0 Å². The molecule has 4 aromatic rings. The summed E-state index contributed by atoms with van der Waals surface area (Å²) in [5.41, 5.74) is -0.737. The van der Waals surface area contributed by atoms with Gasteiger partial charge in [0, 0.05) is 47.4 Å². The molecule has 0 spiro atoms. The van der Waals surface area contributed by atoms with Crippen LogP contribution in [0.4, 0.5) is 31.5 Å². The lowest BCUT2D eigenvalue weighted by Crippen LogP contribution is -2.37. The minimum absolute atomic E-state index is 0.000131. The summed E-state index contributed by atoms with van der Waals surface area (Å²) < 4.78 is 94.9. The second kappa shape index (κ2) is 23.8. The number of benzene rings is 4. The van der Waals surface area contributed by atoms with E-state index in [1.165, 1.54) is 59.9 Å². The molecule has 0 saturated carbocycles. The lowest BCUT2D eigenvalue weighted by atomic mass is 9.81. The first-order valence-electron chi connectivity index (χ1n) is 24.4. The summed E-state index contributed by atoms with van der Waals surface area (Å²) in [6, 6.07) is 18.9. The van der Waals surface area contributed by atoms with Crippen LogP contribution in [0.15, 0.2) is 92.4 Å². The van der Waals surface area contributed by atoms with Gasteiger partial charge >= 0.3 is 11.9 Å². The van der Waals surface area contributed by atoms with Gasteiger partial charge in [-0.15, -0.1) is 23.5 Å². The number of anilines is 4. The maximum Gasteiger partial charge on any atom is 0.312 e. The highest BCUT2D eigenvalue weighted by Crippen LogP contribution is 2.49. The van der Waals surface area contributed by atoms with Gasteiger partial charge in [-0.1, -0.05) is 53.4 Å². The van der Waals surface area contributed by atoms with Gasteiger partial charge in [-0.25, -0.2) is 25.6 Å². The Balaban J connectivity index is 0.000000267. The van der Waals surface area contributed by atoms with Crippen LogP contribution < -0.4 is 19.3 Å². The van der Waals surface area contributed by atoms with Crippen molar-refractivity contribution in [3.8, 4) is 11.5 Å². The number of nitrogens with zero attached hydrogens (tertiary/aromatic N) is 2. The lowest BCUT2D eigenvalue weighted by molar-refractivity contribution is -0.149. The number of sulfone groups is 2. The Morgan fingerprint density at radius 2 is 0.944 bits per heavy atom. The minimum atomic E-state index is -3.72. The zero-order valence-corrected chi connectivity index (χ0v) is 46.5. The van der Waals surface area contributed by atoms with E-state index in [-0.39, 0.29) is 46.1 Å². The number of hydrogen-bond donors (Lipinski definition) is 2. The molecule has 2 aliphatic heterocycles. The van der Waals surface area contributed by atoms with Crippen molar-refractivity contribution in [3.05, 3.63) is 84.4 Å². The van der Waals surface area contributed by atoms with Gasteiger partial charge in [-0.3, -0.25) is 9.59 Å². The molecule has 0 fully saturated rings. The quantitative estimate of drug-likeness (QED) is 0.0802. The van der Waals surface area contributed by atoms with Crippen LogP contribution in [0.2, 0.25) is 0 Å². The highest BCUT2D eigenvalue weighted by molar-refractivity contribution is 7.99. The first-order valence-corrected chi connectivity index (χ1v) is 30.2. The minimum Gasteiger partial charge on any atom is -0.491 e. The van der Waals surface area contributed by atoms with Gasteiger partial charge in [0.05, 0.1) is 53.3 Å². The highest BCUT2D eigenvalue weighted by Gasteiger charge is 2.44. The van der Waals surface area contributed by atoms with E-state index < -0.39 is 53.3 Å². The van der Waals surface area contributed by atoms with Gasteiger partial charge in [0.25, 0.3) is 0 Å². The fraction of sp³-hybridized carbons (Fsp3) is 0.519. The molecule has 0 radical (unpaired) electrons. The molecular weight excluding hydrogens is 1000 g/mol. The molecule has 0 saturated heterocycles. The molecule has 72 heavy (non-hydrogen) atoms. The number of hydrogen-bond acceptors (Lipinski definition) is 12. The van der Waals surface area contributed by atoms with Crippen LogP contribution in [-0.2, 0) is 29.3 Å². The molecule has 0 aliphatic carbocycles. The van der Waals surface area contributed by atoms with Crippen molar-refractivity contribution in [1.29, 1.82) is 0 Å². The fourth-order valence-electron chi connectivity index (χ4n) is 8.95. The molecule has 0 bridgehead atoms. The monoisotopic (exact) mass is 1070 g/mol. The maximum atomic E-state index is 13.9. The summed E-state index contributed by atoms with van der Waals surface area (Å²) in [4.78, 5) is 28.8. The third-order valence-corrected chi connectivity index (χ3v) is 19.5. The summed E-state index contributed by atoms with van der Waals surface area (Å²) in [7, 11) is -7.43. The zero-order chi connectivity index (χ0) is 53.5. The summed E-state index contributed by atoms with van der Waals surface area (Å²) in [6.45, 7) is 15.3. The standard InChI is InChI=1S/2C27H36FNO5S2/c2*1-6-8-13-27(7-2)16-29(20-11-9-19(28)10-12-20)21-14-23(35-5)22(15-24(21)36(32,33)18-27)34-17-26(3,4)25(30)31/h2*9-12,14-15H,6-8,13,16-18H2,1-5H3,(H,30,31)/t2*27-/m10/s1. The normalized spacial score (nSPS) is 19.4. The van der Waals surface area contributed by atoms with Crippen LogP contribution >= 0.6 is 23.5 Å². The summed E-state index contributed by atoms with van der Waals surface area (Å²) in [5.74, 6) is -2.03. The van der Waals surface area contributed by atoms with E-state index in [1.807, 2.05) is 36.2 Å². The van der Waals surface area contributed by atoms with Crippen LogP contribution in [0.25, 0.3) is 0 Å². The van der Waals surface area contributed by atoms with Crippen molar-refractivity contribution in [2.45, 2.75) is 126 Å². The van der Waals surface area contributed by atoms with Crippen molar-refractivity contribution in [3.63, 3.8) is 0 Å². The number of carboxylic acid groups (broad SMARTS) is 2. The second-order valence-corrected chi connectivity index (χ2v) is 26.1. The van der Waals surface area contributed by atoms with Crippen molar-refractivity contribution < 1.29 is 54.9 Å². The molecule has 12 nitrogen and oxygen atoms in total. The van der Waals surface area contributed by atoms with Gasteiger partial charge < -0.3 is 29.5 Å². The number of rotatable bonds is 20. The van der Waals surface area contributed by atoms with Crippen molar-refractivity contribution in [2.24, 2.45) is 21.7 Å². The number of halogens is 2. The number of fused-ring (bicyclic) bond motifs is 2. The zero-order valence-electron chi connectivity index (χ0n) is 43.3. The molecule has 2 aliphatic rings. The summed E-state index contributed by atoms with van der Waals surface area (Å²) >= 11 is 2.80. The first kappa shape index (κ1) is 58.4. The predicted octanol–water partition coefficient (Wildman–Crippen LogP) is 13.1. The van der Waals surface area contributed by atoms with E-state index in [2.05, 4.69) is 13.8 Å². The Morgan fingerprint density at radius 1 is 0.611 bits per heavy atom. The molecule has 18 heteroatoms. The Morgan fingerprint density at radius 3 is 1.22 bits per heavy atom. The van der Waals surface area contributed by atoms with Crippen LogP contribution in [-0.4, -0.2) is 89.3 Å². The van der Waals surface area contributed by atoms with E-state index in [0.29, 0.717) is 58.6 Å². The van der Waals surface area contributed by atoms with Crippen LogP contribution in [0, 0.1) is 33.3 Å². The van der Waals surface area contributed by atoms with E-state index in [9.17, 15) is 45.4 Å². The number of carbonyl (C=O) groups is 2. The number of thioether (sulfide) groups is 2. The average Bonchev–Trinajstić information content (AvgIpc) is 3.50. The predicted molar refractivity (Wildman–Crippen MR) is 286 cm³/mol. The molecular formula is C54H72F2N2O10S4. The van der Waals surface area contributed by atoms with Crippen molar-refractivity contribution in [1.82, 2.24) is 0 Å². The van der Waals surface area contributed by atoms with Gasteiger partial charge in [-0.2, -0.15) is 0 Å². The molecule has 6 rings (SSSR count). The van der Waals surface area contributed by atoms with E-state index in [1.54, 1.807) is 64.1 Å². The third-order valence-electron chi connectivity index (χ3n) is 14.0.